The highest BCUT2D eigenvalue weighted by molar-refractivity contribution is 5.57. The fraction of sp³-hybridized carbons (Fsp3) is 0.214. The average Bonchev–Trinajstić information content (AvgIpc) is 2.52. The molecule has 0 aliphatic rings. The Kier molecular flexibility index (Phi) is 4.35. The molecule has 0 spiro atoms. The first-order chi connectivity index (χ1) is 9.80. The third-order valence-electron chi connectivity index (χ3n) is 2.76. The van der Waals surface area contributed by atoms with E-state index in [1.54, 1.807) is 6.07 Å². The summed E-state index contributed by atoms with van der Waals surface area (Å²) in [6.07, 6.45) is 1.38. The van der Waals surface area contributed by atoms with Crippen molar-refractivity contribution in [2.75, 3.05) is 19.5 Å². The van der Waals surface area contributed by atoms with Gasteiger partial charge < -0.3 is 14.8 Å². The molecule has 0 unspecified atom stereocenters. The molecular formula is C14H14N4O2. The molecule has 1 heterocycles. The predicted molar refractivity (Wildman–Crippen MR) is 73.6 cm³/mol. The summed E-state index contributed by atoms with van der Waals surface area (Å²) in [5, 5.41) is 12.2. The Morgan fingerprint density at radius 1 is 1.15 bits per heavy atom. The van der Waals surface area contributed by atoms with Crippen molar-refractivity contribution < 1.29 is 9.47 Å². The van der Waals surface area contributed by atoms with Gasteiger partial charge in [-0.3, -0.25) is 0 Å². The number of hydrogen-bond acceptors (Lipinski definition) is 6. The zero-order chi connectivity index (χ0) is 14.4. The van der Waals surface area contributed by atoms with Crippen LogP contribution in [-0.2, 0) is 6.54 Å². The second-order valence-corrected chi connectivity index (χ2v) is 3.88. The van der Waals surface area contributed by atoms with Gasteiger partial charge >= 0.3 is 0 Å². The number of rotatable bonds is 5. The van der Waals surface area contributed by atoms with Crippen LogP contribution in [0, 0.1) is 11.3 Å². The molecule has 1 aromatic carbocycles. The standard InChI is InChI=1S/C14H14N4O2/c1-19-13-11(14(20-2)18-9-17-13)8-16-12-6-4-3-5-10(12)7-15/h3-6,9,16H,8H2,1-2H3. The number of para-hydroxylation sites is 1. The van der Waals surface area contributed by atoms with Crippen LogP contribution >= 0.6 is 0 Å². The summed E-state index contributed by atoms with van der Waals surface area (Å²) in [5.41, 5.74) is 2.01. The molecule has 0 fully saturated rings. The van der Waals surface area contributed by atoms with Crippen LogP contribution in [0.4, 0.5) is 5.69 Å². The molecule has 6 heteroatoms. The predicted octanol–water partition coefficient (Wildman–Crippen LogP) is 1.98. The van der Waals surface area contributed by atoms with Crippen LogP contribution in [-0.4, -0.2) is 24.2 Å². The molecule has 0 bridgehead atoms. The van der Waals surface area contributed by atoms with Gasteiger partial charge in [-0.1, -0.05) is 12.1 Å². The quantitative estimate of drug-likeness (QED) is 0.894. The van der Waals surface area contributed by atoms with Crippen molar-refractivity contribution in [1.29, 1.82) is 5.26 Å². The number of nitrogens with one attached hydrogen (secondary N) is 1. The second kappa shape index (κ2) is 6.38. The topological polar surface area (TPSA) is 80.1 Å². The van der Waals surface area contributed by atoms with E-state index in [0.717, 1.165) is 5.69 Å². The van der Waals surface area contributed by atoms with Crippen molar-refractivity contribution in [1.82, 2.24) is 9.97 Å². The third-order valence-corrected chi connectivity index (χ3v) is 2.76. The highest BCUT2D eigenvalue weighted by atomic mass is 16.5. The van der Waals surface area contributed by atoms with Crippen LogP contribution in [0.15, 0.2) is 30.6 Å². The second-order valence-electron chi connectivity index (χ2n) is 3.88. The number of nitriles is 1. The monoisotopic (exact) mass is 270 g/mol. The highest BCUT2D eigenvalue weighted by Crippen LogP contribution is 2.25. The van der Waals surface area contributed by atoms with E-state index < -0.39 is 0 Å². The van der Waals surface area contributed by atoms with Crippen molar-refractivity contribution in [2.24, 2.45) is 0 Å². The Morgan fingerprint density at radius 3 is 2.40 bits per heavy atom. The number of methoxy groups -OCH3 is 2. The van der Waals surface area contributed by atoms with Crippen molar-refractivity contribution >= 4 is 5.69 Å². The molecule has 102 valence electrons. The Bertz CT molecular complexity index is 615. The van der Waals surface area contributed by atoms with E-state index in [9.17, 15) is 0 Å². The SMILES string of the molecule is COc1ncnc(OC)c1CNc1ccccc1C#N. The fourth-order valence-corrected chi connectivity index (χ4v) is 1.80. The smallest absolute Gasteiger partial charge is 0.225 e. The summed E-state index contributed by atoms with van der Waals surface area (Å²) in [5.74, 6) is 0.887. The summed E-state index contributed by atoms with van der Waals surface area (Å²) >= 11 is 0. The molecule has 2 aromatic rings. The molecule has 0 saturated carbocycles. The molecule has 1 N–H and O–H groups in total. The highest BCUT2D eigenvalue weighted by Gasteiger charge is 2.13. The number of aromatic nitrogens is 2. The summed E-state index contributed by atoms with van der Waals surface area (Å²) in [6.45, 7) is 0.395. The number of nitrogens with zero attached hydrogens (tertiary/aromatic N) is 3. The van der Waals surface area contributed by atoms with E-state index in [-0.39, 0.29) is 0 Å². The van der Waals surface area contributed by atoms with Gasteiger partial charge in [0.05, 0.1) is 37.6 Å². The molecule has 2 rings (SSSR count). The van der Waals surface area contributed by atoms with E-state index in [2.05, 4.69) is 21.4 Å². The van der Waals surface area contributed by atoms with E-state index in [1.807, 2.05) is 18.2 Å². The van der Waals surface area contributed by atoms with E-state index in [0.29, 0.717) is 29.4 Å². The van der Waals surface area contributed by atoms with Gasteiger partial charge in [-0.05, 0) is 12.1 Å². The molecule has 20 heavy (non-hydrogen) atoms. The first-order valence-corrected chi connectivity index (χ1v) is 5.95. The van der Waals surface area contributed by atoms with Gasteiger partial charge in [-0.2, -0.15) is 5.26 Å². The lowest BCUT2D eigenvalue weighted by Crippen LogP contribution is -2.07. The first kappa shape index (κ1) is 13.6. The molecule has 0 saturated heterocycles. The normalized spacial score (nSPS) is 9.65. The molecule has 0 aliphatic carbocycles. The van der Waals surface area contributed by atoms with Gasteiger partial charge in [0.15, 0.2) is 0 Å². The summed E-state index contributed by atoms with van der Waals surface area (Å²) in [6, 6.07) is 9.39. The maximum atomic E-state index is 9.05. The maximum Gasteiger partial charge on any atom is 0.225 e. The lowest BCUT2D eigenvalue weighted by molar-refractivity contribution is 0.363. The first-order valence-electron chi connectivity index (χ1n) is 5.95. The Labute approximate surface area is 117 Å². The zero-order valence-electron chi connectivity index (χ0n) is 11.3. The number of hydrogen-bond donors (Lipinski definition) is 1. The summed E-state index contributed by atoms with van der Waals surface area (Å²) in [4.78, 5) is 8.08. The summed E-state index contributed by atoms with van der Waals surface area (Å²) in [7, 11) is 3.07. The van der Waals surface area contributed by atoms with Gasteiger partial charge in [0.1, 0.15) is 12.4 Å². The Balaban J connectivity index is 2.25. The van der Waals surface area contributed by atoms with Gasteiger partial charge in [-0.15, -0.1) is 0 Å². The molecule has 0 radical (unpaired) electrons. The Morgan fingerprint density at radius 2 is 1.80 bits per heavy atom. The molecule has 0 atom stereocenters. The lowest BCUT2D eigenvalue weighted by Gasteiger charge is -2.12. The minimum atomic E-state index is 0.395. The average molecular weight is 270 g/mol. The molecule has 0 aliphatic heterocycles. The molecular weight excluding hydrogens is 256 g/mol. The maximum absolute atomic E-state index is 9.05. The van der Waals surface area contributed by atoms with E-state index >= 15 is 0 Å². The van der Waals surface area contributed by atoms with Crippen molar-refractivity contribution in [3.05, 3.63) is 41.7 Å². The molecule has 0 amide bonds. The Hall–Kier alpha value is -2.81. The van der Waals surface area contributed by atoms with Crippen LogP contribution < -0.4 is 14.8 Å². The lowest BCUT2D eigenvalue weighted by atomic mass is 10.2. The third kappa shape index (κ3) is 2.78. The van der Waals surface area contributed by atoms with Crippen LogP contribution in [0.5, 0.6) is 11.8 Å². The number of benzene rings is 1. The van der Waals surface area contributed by atoms with Crippen LogP contribution in [0.25, 0.3) is 0 Å². The van der Waals surface area contributed by atoms with Gasteiger partial charge in [-0.25, -0.2) is 9.97 Å². The van der Waals surface area contributed by atoms with Crippen LogP contribution in [0.1, 0.15) is 11.1 Å². The minimum Gasteiger partial charge on any atom is -0.481 e. The van der Waals surface area contributed by atoms with Crippen LogP contribution in [0.3, 0.4) is 0 Å². The van der Waals surface area contributed by atoms with Crippen molar-refractivity contribution in [2.45, 2.75) is 6.54 Å². The fourth-order valence-electron chi connectivity index (χ4n) is 1.80. The van der Waals surface area contributed by atoms with Gasteiger partial charge in [0.2, 0.25) is 11.8 Å². The molecule has 6 nitrogen and oxygen atoms in total. The largest absolute Gasteiger partial charge is 0.481 e. The van der Waals surface area contributed by atoms with Crippen molar-refractivity contribution in [3.63, 3.8) is 0 Å². The summed E-state index contributed by atoms with van der Waals surface area (Å²) < 4.78 is 10.4. The number of ether oxygens (including phenoxy) is 2. The van der Waals surface area contributed by atoms with Crippen LogP contribution in [0.2, 0.25) is 0 Å². The van der Waals surface area contributed by atoms with E-state index in [1.165, 1.54) is 20.5 Å². The van der Waals surface area contributed by atoms with Crippen molar-refractivity contribution in [3.8, 4) is 17.8 Å². The van der Waals surface area contributed by atoms with Gasteiger partial charge in [0, 0.05) is 0 Å². The van der Waals surface area contributed by atoms with E-state index in [4.69, 9.17) is 14.7 Å². The zero-order valence-corrected chi connectivity index (χ0v) is 11.3. The number of anilines is 1. The molecule has 1 aromatic heterocycles. The minimum absolute atomic E-state index is 0.395. The van der Waals surface area contributed by atoms with Gasteiger partial charge in [0.25, 0.3) is 0 Å².